The first-order chi connectivity index (χ1) is 6.88. The molecule has 15 heavy (non-hydrogen) atoms. The Kier molecular flexibility index (Phi) is 4.67. The van der Waals surface area contributed by atoms with Crippen molar-refractivity contribution in [3.8, 4) is 0 Å². The van der Waals surface area contributed by atoms with Crippen molar-refractivity contribution >= 4 is 11.6 Å². The fourth-order valence-corrected chi connectivity index (χ4v) is 1.90. The lowest BCUT2D eigenvalue weighted by molar-refractivity contribution is -0.325. The summed E-state index contributed by atoms with van der Waals surface area (Å²) in [5.41, 5.74) is 0. The molecular weight excluding hydrogens is 231 g/mol. The number of halogens is 4. The molecule has 2 unspecified atom stereocenters. The molecule has 0 aliphatic carbocycles. The predicted octanol–water partition coefficient (Wildman–Crippen LogP) is 2.47. The first-order valence-electron chi connectivity index (χ1n) is 4.95. The summed E-state index contributed by atoms with van der Waals surface area (Å²) in [5, 5.41) is 0.0321. The Morgan fingerprint density at radius 2 is 2.13 bits per heavy atom. The second-order valence-corrected chi connectivity index (χ2v) is 4.44. The molecule has 1 rings (SSSR count). The normalized spacial score (nSPS) is 29.4. The van der Waals surface area contributed by atoms with Crippen LogP contribution in [-0.2, 0) is 4.74 Å². The Bertz CT molecular complexity index is 200. The number of hydrogen-bond donors (Lipinski definition) is 0. The van der Waals surface area contributed by atoms with E-state index < -0.39 is 6.36 Å². The molecule has 0 radical (unpaired) electrons. The largest absolute Gasteiger partial charge is 0.522 e. The van der Waals surface area contributed by atoms with Crippen LogP contribution in [0.25, 0.3) is 0 Å². The standard InChI is InChI=1S/C9H15ClF3NO/c1-7-2-3-14(6-8(7)10)4-5-15-9(11,12)13/h7-8H,2-6H2,1H3. The van der Waals surface area contributed by atoms with Gasteiger partial charge in [-0.25, -0.2) is 0 Å². The van der Waals surface area contributed by atoms with Crippen LogP contribution in [0.4, 0.5) is 13.2 Å². The van der Waals surface area contributed by atoms with Crippen LogP contribution < -0.4 is 0 Å². The lowest BCUT2D eigenvalue weighted by atomic mass is 9.99. The number of alkyl halides is 4. The summed E-state index contributed by atoms with van der Waals surface area (Å²) in [6, 6.07) is 0. The average Bonchev–Trinajstić information content (AvgIpc) is 2.09. The molecule has 1 aliphatic rings. The van der Waals surface area contributed by atoms with E-state index in [0.717, 1.165) is 13.0 Å². The van der Waals surface area contributed by atoms with Crippen molar-refractivity contribution in [3.05, 3.63) is 0 Å². The van der Waals surface area contributed by atoms with Crippen molar-refractivity contribution in [3.63, 3.8) is 0 Å². The van der Waals surface area contributed by atoms with E-state index in [9.17, 15) is 13.2 Å². The van der Waals surface area contributed by atoms with E-state index in [4.69, 9.17) is 11.6 Å². The van der Waals surface area contributed by atoms with Gasteiger partial charge in [-0.15, -0.1) is 24.8 Å². The van der Waals surface area contributed by atoms with Crippen LogP contribution in [0.1, 0.15) is 13.3 Å². The molecule has 0 saturated carbocycles. The lowest BCUT2D eigenvalue weighted by Crippen LogP contribution is -2.42. The molecule has 0 amide bonds. The van der Waals surface area contributed by atoms with E-state index in [1.165, 1.54) is 0 Å². The van der Waals surface area contributed by atoms with Crippen molar-refractivity contribution in [1.82, 2.24) is 4.90 Å². The highest BCUT2D eigenvalue weighted by atomic mass is 35.5. The van der Waals surface area contributed by atoms with E-state index >= 15 is 0 Å². The smallest absolute Gasteiger partial charge is 0.300 e. The molecule has 0 aromatic carbocycles. The van der Waals surface area contributed by atoms with Crippen molar-refractivity contribution in [2.24, 2.45) is 5.92 Å². The summed E-state index contributed by atoms with van der Waals surface area (Å²) in [4.78, 5) is 1.91. The maximum atomic E-state index is 11.7. The molecule has 1 aliphatic heterocycles. The third-order valence-electron chi connectivity index (χ3n) is 2.62. The maximum absolute atomic E-state index is 11.7. The molecular formula is C9H15ClF3NO. The second kappa shape index (κ2) is 5.37. The van der Waals surface area contributed by atoms with Gasteiger partial charge in [0.1, 0.15) is 0 Å². The fraction of sp³-hybridized carbons (Fsp3) is 1.00. The topological polar surface area (TPSA) is 12.5 Å². The number of nitrogens with zero attached hydrogens (tertiary/aromatic N) is 1. The zero-order valence-corrected chi connectivity index (χ0v) is 9.31. The van der Waals surface area contributed by atoms with Crippen molar-refractivity contribution in [2.75, 3.05) is 26.2 Å². The third-order valence-corrected chi connectivity index (χ3v) is 3.19. The second-order valence-electron chi connectivity index (χ2n) is 3.88. The van der Waals surface area contributed by atoms with Gasteiger partial charge in [-0.05, 0) is 18.9 Å². The highest BCUT2D eigenvalue weighted by Crippen LogP contribution is 2.22. The average molecular weight is 246 g/mol. The molecule has 0 aromatic heterocycles. The molecule has 0 spiro atoms. The van der Waals surface area contributed by atoms with E-state index in [0.29, 0.717) is 12.5 Å². The van der Waals surface area contributed by atoms with E-state index in [2.05, 4.69) is 11.7 Å². The molecule has 90 valence electrons. The minimum atomic E-state index is -4.52. The first kappa shape index (κ1) is 13.1. The van der Waals surface area contributed by atoms with Crippen LogP contribution in [0, 0.1) is 5.92 Å². The van der Waals surface area contributed by atoms with Crippen LogP contribution in [0.5, 0.6) is 0 Å². The summed E-state index contributed by atoms with van der Waals surface area (Å²) < 4.78 is 38.8. The van der Waals surface area contributed by atoms with Crippen LogP contribution in [0.15, 0.2) is 0 Å². The van der Waals surface area contributed by atoms with Crippen molar-refractivity contribution in [1.29, 1.82) is 0 Å². The van der Waals surface area contributed by atoms with Crippen LogP contribution in [0.3, 0.4) is 0 Å². The van der Waals surface area contributed by atoms with Crippen molar-refractivity contribution < 1.29 is 17.9 Å². The van der Waals surface area contributed by atoms with Gasteiger partial charge in [0, 0.05) is 18.5 Å². The van der Waals surface area contributed by atoms with Gasteiger partial charge in [0.25, 0.3) is 0 Å². The molecule has 0 bridgehead atoms. The number of piperidine rings is 1. The minimum absolute atomic E-state index is 0.0321. The predicted molar refractivity (Wildman–Crippen MR) is 51.9 cm³/mol. The van der Waals surface area contributed by atoms with Crippen molar-refractivity contribution in [2.45, 2.75) is 25.1 Å². The summed E-state index contributed by atoms with van der Waals surface area (Å²) in [6.07, 6.45) is -3.59. The SMILES string of the molecule is CC1CCN(CCOC(F)(F)F)CC1Cl. The Balaban J connectivity index is 2.17. The monoisotopic (exact) mass is 245 g/mol. The van der Waals surface area contributed by atoms with Gasteiger partial charge in [-0.1, -0.05) is 6.92 Å². The number of hydrogen-bond acceptors (Lipinski definition) is 2. The minimum Gasteiger partial charge on any atom is -0.300 e. The zero-order valence-electron chi connectivity index (χ0n) is 8.56. The van der Waals surface area contributed by atoms with Gasteiger partial charge in [-0.2, -0.15) is 0 Å². The number of ether oxygens (including phenoxy) is 1. The van der Waals surface area contributed by atoms with Gasteiger partial charge in [0.05, 0.1) is 6.61 Å². The molecule has 6 heteroatoms. The Morgan fingerprint density at radius 1 is 1.47 bits per heavy atom. The van der Waals surface area contributed by atoms with E-state index in [1.807, 2.05) is 4.90 Å². The van der Waals surface area contributed by atoms with Gasteiger partial charge in [0.2, 0.25) is 0 Å². The number of rotatable bonds is 3. The Labute approximate surface area is 92.3 Å². The van der Waals surface area contributed by atoms with Gasteiger partial charge in [-0.3, -0.25) is 9.64 Å². The van der Waals surface area contributed by atoms with Gasteiger partial charge in [0.15, 0.2) is 0 Å². The van der Waals surface area contributed by atoms with Crippen LogP contribution in [-0.4, -0.2) is 42.9 Å². The highest BCUT2D eigenvalue weighted by molar-refractivity contribution is 6.21. The summed E-state index contributed by atoms with van der Waals surface area (Å²) in [6.45, 7) is 3.47. The quantitative estimate of drug-likeness (QED) is 0.709. The van der Waals surface area contributed by atoms with Gasteiger partial charge >= 0.3 is 6.36 Å². The Morgan fingerprint density at radius 3 is 2.67 bits per heavy atom. The molecule has 0 aromatic rings. The van der Waals surface area contributed by atoms with Crippen LogP contribution in [0.2, 0.25) is 0 Å². The fourth-order valence-electron chi connectivity index (χ4n) is 1.58. The van der Waals surface area contributed by atoms with Gasteiger partial charge < -0.3 is 0 Å². The summed E-state index contributed by atoms with van der Waals surface area (Å²) in [5.74, 6) is 0.437. The molecule has 1 saturated heterocycles. The lowest BCUT2D eigenvalue weighted by Gasteiger charge is -2.33. The van der Waals surface area contributed by atoms with E-state index in [-0.39, 0.29) is 18.5 Å². The molecule has 2 nitrogen and oxygen atoms in total. The third kappa shape index (κ3) is 5.04. The Hall–Kier alpha value is -0.0000000000000000555. The highest BCUT2D eigenvalue weighted by Gasteiger charge is 2.30. The van der Waals surface area contributed by atoms with E-state index in [1.54, 1.807) is 0 Å². The number of likely N-dealkylation sites (tertiary alicyclic amines) is 1. The molecule has 0 N–H and O–H groups in total. The zero-order chi connectivity index (χ0) is 11.5. The molecule has 2 atom stereocenters. The molecule has 1 fully saturated rings. The first-order valence-corrected chi connectivity index (χ1v) is 5.39. The van der Waals surface area contributed by atoms with Crippen LogP contribution >= 0.6 is 11.6 Å². The maximum Gasteiger partial charge on any atom is 0.522 e. The molecule has 1 heterocycles. The summed E-state index contributed by atoms with van der Waals surface area (Å²) in [7, 11) is 0. The summed E-state index contributed by atoms with van der Waals surface area (Å²) >= 11 is 6.03.